The van der Waals surface area contributed by atoms with Crippen LogP contribution in [-0.2, 0) is 11.2 Å². The van der Waals surface area contributed by atoms with Gasteiger partial charge >= 0.3 is 0 Å². The summed E-state index contributed by atoms with van der Waals surface area (Å²) in [5, 5.41) is 31.7. The molecule has 12 nitrogen and oxygen atoms in total. The molecule has 0 bridgehead atoms. The number of carbonyl (C=O) groups excluding carboxylic acids is 1. The van der Waals surface area contributed by atoms with Gasteiger partial charge in [-0.1, -0.05) is 67.6 Å². The lowest BCUT2D eigenvalue weighted by Crippen LogP contribution is -2.42. The lowest BCUT2D eigenvalue weighted by Gasteiger charge is -2.20. The Hall–Kier alpha value is -4.81. The van der Waals surface area contributed by atoms with Crippen LogP contribution in [0.5, 0.6) is 0 Å². The molecular weight excluding hydrogens is 594 g/mol. The topological polar surface area (TPSA) is 155 Å². The molecule has 0 saturated heterocycles. The molecule has 5 N–H and O–H groups in total. The van der Waals surface area contributed by atoms with Crippen molar-refractivity contribution in [2.75, 3.05) is 23.7 Å². The number of hydrogen-bond donors (Lipinski definition) is 5. The molecule has 1 fully saturated rings. The Morgan fingerprint density at radius 2 is 1.64 bits per heavy atom. The van der Waals surface area contributed by atoms with E-state index in [0.29, 0.717) is 61.3 Å². The number of rotatable bonds is 13. The number of nitrogens with one attached hydrogen (secondary N) is 3. The van der Waals surface area contributed by atoms with E-state index in [1.165, 1.54) is 11.1 Å². The van der Waals surface area contributed by atoms with Gasteiger partial charge in [-0.3, -0.25) is 4.79 Å². The first-order valence-electron chi connectivity index (χ1n) is 16.3. The van der Waals surface area contributed by atoms with Crippen LogP contribution in [0.25, 0.3) is 11.2 Å². The molecule has 1 saturated carbocycles. The van der Waals surface area contributed by atoms with Gasteiger partial charge in [-0.15, -0.1) is 0 Å². The number of hydrogen-bond acceptors (Lipinski definition) is 9. The van der Waals surface area contributed by atoms with Crippen molar-refractivity contribution in [2.45, 2.75) is 76.3 Å². The summed E-state index contributed by atoms with van der Waals surface area (Å²) < 4.78 is 3.86. The fourth-order valence-electron chi connectivity index (χ4n) is 6.19. The third kappa shape index (κ3) is 7.13. The van der Waals surface area contributed by atoms with E-state index in [2.05, 4.69) is 63.6 Å². The zero-order chi connectivity index (χ0) is 32.9. The second-order valence-corrected chi connectivity index (χ2v) is 12.4. The third-order valence-corrected chi connectivity index (χ3v) is 8.89. The maximum absolute atomic E-state index is 12.1. The first kappa shape index (κ1) is 32.1. The summed E-state index contributed by atoms with van der Waals surface area (Å²) in [6, 6.07) is 19.9. The van der Waals surface area contributed by atoms with Gasteiger partial charge in [0.05, 0.1) is 30.4 Å². The number of imidazole rings is 2. The molecule has 246 valence electrons. The molecule has 2 aromatic carbocycles. The molecule has 47 heavy (non-hydrogen) atoms. The van der Waals surface area contributed by atoms with Crippen LogP contribution in [0.15, 0.2) is 79.5 Å². The highest BCUT2D eigenvalue weighted by atomic mass is 16.3. The third-order valence-electron chi connectivity index (χ3n) is 8.89. The molecule has 12 heteroatoms. The molecule has 3 aromatic heterocycles. The Labute approximate surface area is 274 Å². The van der Waals surface area contributed by atoms with Crippen molar-refractivity contribution in [1.29, 1.82) is 0 Å². The van der Waals surface area contributed by atoms with Crippen LogP contribution in [0.1, 0.15) is 68.4 Å². The fourth-order valence-corrected chi connectivity index (χ4v) is 6.19. The largest absolute Gasteiger partial charge is 0.388 e. The smallest absolute Gasteiger partial charge is 0.226 e. The summed E-state index contributed by atoms with van der Waals surface area (Å²) >= 11 is 0. The molecule has 1 aliphatic carbocycles. The minimum absolute atomic E-state index is 0.0479. The quantitative estimate of drug-likeness (QED) is 0.129. The normalized spacial score (nSPS) is 19.5. The summed E-state index contributed by atoms with van der Waals surface area (Å²) in [5.41, 5.74) is 4.37. The van der Waals surface area contributed by atoms with Gasteiger partial charge in [-0.25, -0.2) is 9.97 Å². The molecule has 5 aromatic rings. The van der Waals surface area contributed by atoms with Crippen LogP contribution in [0.4, 0.5) is 11.8 Å². The molecule has 1 unspecified atom stereocenters. The predicted octanol–water partition coefficient (Wildman–Crippen LogP) is 4.06. The van der Waals surface area contributed by atoms with Gasteiger partial charge in [-0.2, -0.15) is 9.97 Å². The first-order chi connectivity index (χ1) is 22.8. The van der Waals surface area contributed by atoms with Crippen LogP contribution < -0.4 is 16.0 Å². The molecule has 4 atom stereocenters. The van der Waals surface area contributed by atoms with Gasteiger partial charge in [0.2, 0.25) is 11.9 Å². The van der Waals surface area contributed by atoms with Crippen molar-refractivity contribution < 1.29 is 15.0 Å². The summed E-state index contributed by atoms with van der Waals surface area (Å²) in [6.45, 7) is 7.09. The molecule has 0 radical (unpaired) electrons. The SMILES string of the molecule is CCC(=O)NC1C[C@@H](n2cnc3c(NCC(c4ccccc4)c4ccccc4)nc(NCCc4cn(C(C)C)cn4)nc32)[C@H](O)[C@@H]1O. The first-order valence-corrected chi connectivity index (χ1v) is 16.3. The summed E-state index contributed by atoms with van der Waals surface area (Å²) in [5.74, 6) is 0.833. The highest BCUT2D eigenvalue weighted by molar-refractivity contribution is 5.84. The van der Waals surface area contributed by atoms with E-state index in [-0.39, 0.29) is 11.8 Å². The van der Waals surface area contributed by atoms with E-state index in [1.807, 2.05) is 48.9 Å². The maximum atomic E-state index is 12.1. The molecule has 0 spiro atoms. The zero-order valence-corrected chi connectivity index (χ0v) is 27.0. The van der Waals surface area contributed by atoms with E-state index in [0.717, 1.165) is 5.69 Å². The van der Waals surface area contributed by atoms with E-state index in [1.54, 1.807) is 17.8 Å². The van der Waals surface area contributed by atoms with E-state index < -0.39 is 24.3 Å². The number of fused-ring (bicyclic) bond motifs is 1. The second-order valence-electron chi connectivity index (χ2n) is 12.4. The highest BCUT2D eigenvalue weighted by Crippen LogP contribution is 2.35. The van der Waals surface area contributed by atoms with E-state index in [9.17, 15) is 15.0 Å². The van der Waals surface area contributed by atoms with Crippen LogP contribution in [0, 0.1) is 0 Å². The Morgan fingerprint density at radius 1 is 0.936 bits per heavy atom. The number of benzene rings is 2. The number of aliphatic hydroxyl groups excluding tert-OH is 2. The summed E-state index contributed by atoms with van der Waals surface area (Å²) in [6.07, 6.45) is 4.59. The number of carbonyl (C=O) groups is 1. The van der Waals surface area contributed by atoms with Crippen molar-refractivity contribution in [3.05, 3.63) is 96.3 Å². The fraction of sp³-hybridized carbons (Fsp3) is 0.400. The molecule has 3 heterocycles. The van der Waals surface area contributed by atoms with Gasteiger partial charge in [0.1, 0.15) is 12.2 Å². The number of anilines is 2. The van der Waals surface area contributed by atoms with Crippen LogP contribution in [-0.4, -0.2) is 76.5 Å². The average molecular weight is 638 g/mol. The van der Waals surface area contributed by atoms with Crippen molar-refractivity contribution in [2.24, 2.45) is 0 Å². The second kappa shape index (κ2) is 14.3. The van der Waals surface area contributed by atoms with Crippen molar-refractivity contribution in [1.82, 2.24) is 34.4 Å². The summed E-state index contributed by atoms with van der Waals surface area (Å²) in [4.78, 5) is 31.0. The lowest BCUT2D eigenvalue weighted by molar-refractivity contribution is -0.122. The standard InChI is InChI=1S/C35H43N9O3/c1-4-29(45)40-27-17-28(32(47)31(27)46)44-21-39-30-33(37-18-26(23-11-7-5-8-12-23)24-13-9-6-10-14-24)41-35(42-34(30)44)36-16-15-25-19-43(20-38-25)22(2)3/h5-14,19-22,26-28,31-32,46-47H,4,15-18H2,1-3H3,(H,40,45)(H2,36,37,41,42)/t27?,28-,31-,32+/m1/s1. The zero-order valence-electron chi connectivity index (χ0n) is 27.0. The number of aromatic nitrogens is 6. The number of amides is 1. The molecule has 6 rings (SSSR count). The monoisotopic (exact) mass is 637 g/mol. The minimum atomic E-state index is -1.12. The van der Waals surface area contributed by atoms with Crippen LogP contribution in [0.2, 0.25) is 0 Å². The highest BCUT2D eigenvalue weighted by Gasteiger charge is 2.43. The number of nitrogens with zero attached hydrogens (tertiary/aromatic N) is 6. The average Bonchev–Trinajstić information content (AvgIpc) is 3.81. The van der Waals surface area contributed by atoms with Gasteiger partial charge in [0, 0.05) is 44.1 Å². The Kier molecular flexibility index (Phi) is 9.79. The van der Waals surface area contributed by atoms with Crippen molar-refractivity contribution in [3.63, 3.8) is 0 Å². The van der Waals surface area contributed by atoms with E-state index in [4.69, 9.17) is 15.0 Å². The Morgan fingerprint density at radius 3 is 2.28 bits per heavy atom. The summed E-state index contributed by atoms with van der Waals surface area (Å²) in [7, 11) is 0. The van der Waals surface area contributed by atoms with E-state index >= 15 is 0 Å². The van der Waals surface area contributed by atoms with Gasteiger partial charge in [0.25, 0.3) is 0 Å². The van der Waals surface area contributed by atoms with Gasteiger partial charge in [-0.05, 0) is 31.4 Å². The van der Waals surface area contributed by atoms with Crippen molar-refractivity contribution >= 4 is 28.8 Å². The molecule has 0 aliphatic heterocycles. The number of aliphatic hydroxyl groups is 2. The molecule has 1 aliphatic rings. The Bertz CT molecular complexity index is 1730. The van der Waals surface area contributed by atoms with Gasteiger partial charge in [0.15, 0.2) is 17.0 Å². The van der Waals surface area contributed by atoms with Gasteiger partial charge < -0.3 is 35.3 Å². The van der Waals surface area contributed by atoms with Crippen molar-refractivity contribution in [3.8, 4) is 0 Å². The van der Waals surface area contributed by atoms with Crippen LogP contribution >= 0.6 is 0 Å². The van der Waals surface area contributed by atoms with Crippen LogP contribution in [0.3, 0.4) is 0 Å². The maximum Gasteiger partial charge on any atom is 0.226 e. The minimum Gasteiger partial charge on any atom is -0.388 e. The molecular formula is C35H43N9O3. The molecule has 1 amide bonds. The Balaban J connectivity index is 1.31. The lowest BCUT2D eigenvalue weighted by atomic mass is 9.91. The predicted molar refractivity (Wildman–Crippen MR) is 181 cm³/mol.